The average molecular weight is 414 g/mol. The Morgan fingerprint density at radius 3 is 2.41 bits per heavy atom. The summed E-state index contributed by atoms with van der Waals surface area (Å²) in [7, 11) is -3.63. The van der Waals surface area contributed by atoms with Gasteiger partial charge in [0.1, 0.15) is 0 Å². The van der Waals surface area contributed by atoms with Crippen molar-refractivity contribution in [2.24, 2.45) is 0 Å². The first kappa shape index (κ1) is 21.3. The molecule has 0 aliphatic carbocycles. The van der Waals surface area contributed by atoms with Crippen LogP contribution >= 0.6 is 0 Å². The Bertz CT molecular complexity index is 994. The van der Waals surface area contributed by atoms with Crippen LogP contribution in [-0.2, 0) is 32.5 Å². The molecule has 0 spiro atoms. The summed E-state index contributed by atoms with van der Waals surface area (Å²) in [5.74, 6) is -0.303. The Morgan fingerprint density at radius 1 is 1.03 bits per heavy atom. The number of carbonyl (C=O) groups excluding carboxylic acids is 1. The van der Waals surface area contributed by atoms with Crippen molar-refractivity contribution in [3.8, 4) is 0 Å². The van der Waals surface area contributed by atoms with E-state index < -0.39 is 10.0 Å². The zero-order chi connectivity index (χ0) is 20.9. The van der Waals surface area contributed by atoms with Crippen molar-refractivity contribution in [2.45, 2.75) is 44.6 Å². The van der Waals surface area contributed by atoms with E-state index in [1.54, 1.807) is 12.1 Å². The molecule has 2 aromatic rings. The molecule has 6 heteroatoms. The predicted octanol–water partition coefficient (Wildman–Crippen LogP) is 4.01. The van der Waals surface area contributed by atoms with E-state index in [1.807, 2.05) is 43.3 Å². The van der Waals surface area contributed by atoms with Gasteiger partial charge in [-0.3, -0.25) is 4.79 Å². The molecule has 0 saturated carbocycles. The number of ether oxygens (including phenoxy) is 1. The van der Waals surface area contributed by atoms with E-state index in [-0.39, 0.29) is 5.97 Å². The highest BCUT2D eigenvalue weighted by Crippen LogP contribution is 2.24. The smallest absolute Gasteiger partial charge is 0.302 e. The van der Waals surface area contributed by atoms with E-state index >= 15 is 0 Å². The molecular formula is C23H27NO4S. The van der Waals surface area contributed by atoms with Gasteiger partial charge in [0.15, 0.2) is 0 Å². The molecule has 0 aromatic heterocycles. The SMILES string of the molecule is CC(=O)OCC/C1=C\CN(S(=O)(=O)c2ccc(C)cc2)Cc2ccccc2CC1. The Morgan fingerprint density at radius 2 is 1.72 bits per heavy atom. The highest BCUT2D eigenvalue weighted by molar-refractivity contribution is 7.89. The maximum absolute atomic E-state index is 13.3. The van der Waals surface area contributed by atoms with Crippen LogP contribution in [0, 0.1) is 6.92 Å². The largest absolute Gasteiger partial charge is 0.466 e. The van der Waals surface area contributed by atoms with Gasteiger partial charge < -0.3 is 4.74 Å². The monoisotopic (exact) mass is 413 g/mol. The van der Waals surface area contributed by atoms with Crippen molar-refractivity contribution in [3.63, 3.8) is 0 Å². The highest BCUT2D eigenvalue weighted by atomic mass is 32.2. The summed E-state index contributed by atoms with van der Waals surface area (Å²) < 4.78 is 33.2. The van der Waals surface area contributed by atoms with Crippen LogP contribution < -0.4 is 0 Å². The number of hydrogen-bond donors (Lipinski definition) is 0. The number of nitrogens with zero attached hydrogens (tertiary/aromatic N) is 1. The molecule has 0 fully saturated rings. The Labute approximate surface area is 173 Å². The van der Waals surface area contributed by atoms with Gasteiger partial charge >= 0.3 is 5.97 Å². The number of benzene rings is 2. The molecular weight excluding hydrogens is 386 g/mol. The summed E-state index contributed by atoms with van der Waals surface area (Å²) in [6.45, 7) is 4.27. The van der Waals surface area contributed by atoms with E-state index in [0.29, 0.717) is 31.0 Å². The summed E-state index contributed by atoms with van der Waals surface area (Å²) in [5, 5.41) is 0. The van der Waals surface area contributed by atoms with Crippen molar-refractivity contribution >= 4 is 16.0 Å². The topological polar surface area (TPSA) is 63.7 Å². The lowest BCUT2D eigenvalue weighted by atomic mass is 9.99. The summed E-state index contributed by atoms with van der Waals surface area (Å²) in [5.41, 5.74) is 4.30. The molecule has 1 heterocycles. The third-order valence-corrected chi connectivity index (χ3v) is 6.98. The van der Waals surface area contributed by atoms with Crippen LogP contribution in [0.5, 0.6) is 0 Å². The van der Waals surface area contributed by atoms with E-state index in [9.17, 15) is 13.2 Å². The van der Waals surface area contributed by atoms with Crippen molar-refractivity contribution in [3.05, 3.63) is 76.9 Å². The van der Waals surface area contributed by atoms with Gasteiger partial charge in [-0.15, -0.1) is 0 Å². The summed E-state index contributed by atoms with van der Waals surface area (Å²) in [6, 6.07) is 14.9. The molecule has 0 radical (unpaired) electrons. The van der Waals surface area contributed by atoms with E-state index in [2.05, 4.69) is 6.07 Å². The van der Waals surface area contributed by atoms with Crippen molar-refractivity contribution in [1.82, 2.24) is 4.31 Å². The Balaban J connectivity index is 1.92. The molecule has 3 rings (SSSR count). The second-order valence-corrected chi connectivity index (χ2v) is 9.27. The standard InChI is InChI=1S/C23H27NO4S/c1-18-7-11-23(12-8-18)29(26,27)24-15-13-20(14-16-28-19(2)25)9-10-21-5-3-4-6-22(21)17-24/h3-8,11-13H,9-10,14-17H2,1-2H3/b20-13-. The van der Waals surface area contributed by atoms with Crippen molar-refractivity contribution in [1.29, 1.82) is 0 Å². The van der Waals surface area contributed by atoms with Crippen LogP contribution in [0.2, 0.25) is 0 Å². The first-order valence-electron chi connectivity index (χ1n) is 9.81. The molecule has 29 heavy (non-hydrogen) atoms. The fourth-order valence-electron chi connectivity index (χ4n) is 3.43. The van der Waals surface area contributed by atoms with E-state index in [1.165, 1.54) is 11.2 Å². The fraction of sp³-hybridized carbons (Fsp3) is 0.348. The first-order chi connectivity index (χ1) is 13.9. The summed E-state index contributed by atoms with van der Waals surface area (Å²) >= 11 is 0. The quantitative estimate of drug-likeness (QED) is 0.549. The second-order valence-electron chi connectivity index (χ2n) is 7.33. The summed E-state index contributed by atoms with van der Waals surface area (Å²) in [6.07, 6.45) is 4.23. The van der Waals surface area contributed by atoms with Gasteiger partial charge in [-0.2, -0.15) is 4.31 Å². The van der Waals surface area contributed by atoms with Gasteiger partial charge in [0.25, 0.3) is 0 Å². The molecule has 5 nitrogen and oxygen atoms in total. The normalized spacial score (nSPS) is 17.2. The maximum Gasteiger partial charge on any atom is 0.302 e. The lowest BCUT2D eigenvalue weighted by molar-refractivity contribution is -0.140. The predicted molar refractivity (Wildman–Crippen MR) is 113 cm³/mol. The van der Waals surface area contributed by atoms with Gasteiger partial charge in [0.05, 0.1) is 11.5 Å². The van der Waals surface area contributed by atoms with Crippen molar-refractivity contribution < 1.29 is 17.9 Å². The van der Waals surface area contributed by atoms with Gasteiger partial charge in [-0.25, -0.2) is 8.42 Å². The average Bonchev–Trinajstić information content (AvgIpc) is 2.77. The van der Waals surface area contributed by atoms with Crippen LogP contribution in [0.15, 0.2) is 65.1 Å². The molecule has 0 amide bonds. The zero-order valence-corrected chi connectivity index (χ0v) is 17.7. The molecule has 1 aliphatic rings. The van der Waals surface area contributed by atoms with E-state index in [0.717, 1.165) is 35.1 Å². The second kappa shape index (κ2) is 9.37. The van der Waals surface area contributed by atoms with E-state index in [4.69, 9.17) is 4.74 Å². The molecule has 0 N–H and O–H groups in total. The van der Waals surface area contributed by atoms with Gasteiger partial charge in [-0.05, 0) is 43.0 Å². The molecule has 154 valence electrons. The number of rotatable bonds is 5. The maximum atomic E-state index is 13.3. The first-order valence-corrected chi connectivity index (χ1v) is 11.2. The third kappa shape index (κ3) is 5.55. The lowest BCUT2D eigenvalue weighted by Gasteiger charge is -2.22. The molecule has 0 unspecified atom stereocenters. The van der Waals surface area contributed by atoms with Crippen LogP contribution in [0.4, 0.5) is 0 Å². The van der Waals surface area contributed by atoms with Gasteiger partial charge in [0, 0.05) is 26.4 Å². The van der Waals surface area contributed by atoms with Crippen LogP contribution in [0.3, 0.4) is 0 Å². The van der Waals surface area contributed by atoms with Crippen molar-refractivity contribution in [2.75, 3.05) is 13.2 Å². The number of aryl methyl sites for hydroxylation is 2. The lowest BCUT2D eigenvalue weighted by Crippen LogP contribution is -2.31. The molecule has 0 atom stereocenters. The number of fused-ring (bicyclic) bond motifs is 1. The minimum absolute atomic E-state index is 0.292. The third-order valence-electron chi connectivity index (χ3n) is 5.15. The Hall–Kier alpha value is -2.44. The fourth-order valence-corrected chi connectivity index (χ4v) is 4.79. The van der Waals surface area contributed by atoms with Gasteiger partial charge in [0.2, 0.25) is 10.0 Å². The summed E-state index contributed by atoms with van der Waals surface area (Å²) in [4.78, 5) is 11.4. The molecule has 2 aromatic carbocycles. The minimum atomic E-state index is -3.63. The molecule has 0 bridgehead atoms. The van der Waals surface area contributed by atoms with Crippen LogP contribution in [0.25, 0.3) is 0 Å². The number of carbonyl (C=O) groups is 1. The highest BCUT2D eigenvalue weighted by Gasteiger charge is 2.25. The zero-order valence-electron chi connectivity index (χ0n) is 16.9. The molecule has 1 aliphatic heterocycles. The van der Waals surface area contributed by atoms with Crippen LogP contribution in [-0.4, -0.2) is 31.8 Å². The number of hydrogen-bond acceptors (Lipinski definition) is 4. The van der Waals surface area contributed by atoms with Crippen LogP contribution in [0.1, 0.15) is 36.5 Å². The minimum Gasteiger partial charge on any atom is -0.466 e. The number of esters is 1. The molecule has 0 saturated heterocycles. The number of sulfonamides is 1. The van der Waals surface area contributed by atoms with Gasteiger partial charge in [-0.1, -0.05) is 53.6 Å². The Kier molecular flexibility index (Phi) is 6.87.